The molecule has 0 unspecified atom stereocenters. The van der Waals surface area contributed by atoms with Gasteiger partial charge in [0.15, 0.2) is 15.0 Å². The Labute approximate surface area is 179 Å². The normalized spacial score (nSPS) is 11.4. The van der Waals surface area contributed by atoms with Crippen LogP contribution in [0.3, 0.4) is 0 Å². The largest absolute Gasteiger partial charge is 0.508 e. The van der Waals surface area contributed by atoms with E-state index in [0.717, 1.165) is 5.56 Å². The van der Waals surface area contributed by atoms with Crippen molar-refractivity contribution in [2.45, 2.75) is 36.2 Å². The summed E-state index contributed by atoms with van der Waals surface area (Å²) in [5.74, 6) is -0.0875. The van der Waals surface area contributed by atoms with Gasteiger partial charge in [-0.15, -0.1) is 10.2 Å². The highest BCUT2D eigenvalue weighted by Crippen LogP contribution is 2.22. The van der Waals surface area contributed by atoms with Crippen molar-refractivity contribution in [3.05, 3.63) is 59.9 Å². The molecule has 0 bridgehead atoms. The zero-order chi connectivity index (χ0) is 21.7. The maximum Gasteiger partial charge on any atom is 0.234 e. The predicted octanol–water partition coefficient (Wildman–Crippen LogP) is 3.02. The average Bonchev–Trinajstić information content (AvgIpc) is 3.07. The van der Waals surface area contributed by atoms with Crippen LogP contribution in [0.25, 0.3) is 0 Å². The standard InChI is InChI=1S/C20H22N4O4S2/c1-3-24-18(13-30(27,28)17-9-7-14(2)8-10-17)22-23-20(24)29-12-19(26)21-15-5-4-6-16(25)11-15/h4-11,25H,3,12-13H2,1-2H3,(H,21,26). The Balaban J connectivity index is 1.68. The molecule has 0 fully saturated rings. The summed E-state index contributed by atoms with van der Waals surface area (Å²) in [7, 11) is -3.56. The second-order valence-electron chi connectivity index (χ2n) is 6.60. The third-order valence-electron chi connectivity index (χ3n) is 4.27. The van der Waals surface area contributed by atoms with E-state index in [1.165, 1.54) is 23.9 Å². The summed E-state index contributed by atoms with van der Waals surface area (Å²) in [6.45, 7) is 4.23. The van der Waals surface area contributed by atoms with Crippen molar-refractivity contribution < 1.29 is 18.3 Å². The second-order valence-corrected chi connectivity index (χ2v) is 9.53. The van der Waals surface area contributed by atoms with Gasteiger partial charge in [0, 0.05) is 18.3 Å². The molecule has 0 aliphatic rings. The number of nitrogens with zero attached hydrogens (tertiary/aromatic N) is 3. The Morgan fingerprint density at radius 1 is 1.17 bits per heavy atom. The molecule has 30 heavy (non-hydrogen) atoms. The van der Waals surface area contributed by atoms with Gasteiger partial charge in [-0.25, -0.2) is 8.42 Å². The van der Waals surface area contributed by atoms with Crippen molar-refractivity contribution in [2.75, 3.05) is 11.1 Å². The van der Waals surface area contributed by atoms with Gasteiger partial charge in [0.2, 0.25) is 5.91 Å². The number of anilines is 1. The van der Waals surface area contributed by atoms with Crippen LogP contribution in [0.15, 0.2) is 58.6 Å². The molecule has 0 aliphatic heterocycles. The lowest BCUT2D eigenvalue weighted by molar-refractivity contribution is -0.113. The molecule has 10 heteroatoms. The molecule has 0 atom stereocenters. The minimum atomic E-state index is -3.56. The Kier molecular flexibility index (Phi) is 6.78. The number of amides is 1. The summed E-state index contributed by atoms with van der Waals surface area (Å²) < 4.78 is 27.1. The first kappa shape index (κ1) is 21.8. The highest BCUT2D eigenvalue weighted by atomic mass is 32.2. The number of hydrogen-bond acceptors (Lipinski definition) is 7. The van der Waals surface area contributed by atoms with Crippen LogP contribution in [0.2, 0.25) is 0 Å². The van der Waals surface area contributed by atoms with Crippen molar-refractivity contribution in [3.8, 4) is 5.75 Å². The number of carbonyl (C=O) groups excluding carboxylic acids is 1. The lowest BCUT2D eigenvalue weighted by Crippen LogP contribution is -2.15. The number of carbonyl (C=O) groups is 1. The van der Waals surface area contributed by atoms with E-state index in [9.17, 15) is 18.3 Å². The third-order valence-corrected chi connectivity index (χ3v) is 6.87. The van der Waals surface area contributed by atoms with Gasteiger partial charge >= 0.3 is 0 Å². The fraction of sp³-hybridized carbons (Fsp3) is 0.250. The molecule has 0 aliphatic carbocycles. The first-order chi connectivity index (χ1) is 14.3. The SMILES string of the molecule is CCn1c(CS(=O)(=O)c2ccc(C)cc2)nnc1SCC(=O)Nc1cccc(O)c1. The van der Waals surface area contributed by atoms with Crippen LogP contribution in [0, 0.1) is 6.92 Å². The Morgan fingerprint density at radius 2 is 1.90 bits per heavy atom. The molecule has 3 aromatic rings. The minimum Gasteiger partial charge on any atom is -0.508 e. The molecule has 1 amide bonds. The van der Waals surface area contributed by atoms with Gasteiger partial charge in [0.25, 0.3) is 0 Å². The van der Waals surface area contributed by atoms with E-state index in [0.29, 0.717) is 23.2 Å². The van der Waals surface area contributed by atoms with Gasteiger partial charge in [-0.2, -0.15) is 0 Å². The highest BCUT2D eigenvalue weighted by Gasteiger charge is 2.21. The summed E-state index contributed by atoms with van der Waals surface area (Å²) in [5, 5.41) is 20.7. The predicted molar refractivity (Wildman–Crippen MR) is 115 cm³/mol. The lowest BCUT2D eigenvalue weighted by Gasteiger charge is -2.09. The van der Waals surface area contributed by atoms with Crippen molar-refractivity contribution in [1.29, 1.82) is 0 Å². The number of aromatic hydroxyl groups is 1. The molecule has 3 rings (SSSR count). The Bertz CT molecular complexity index is 1140. The molecule has 8 nitrogen and oxygen atoms in total. The molecular weight excluding hydrogens is 424 g/mol. The summed E-state index contributed by atoms with van der Waals surface area (Å²) in [4.78, 5) is 12.4. The summed E-state index contributed by atoms with van der Waals surface area (Å²) >= 11 is 1.17. The summed E-state index contributed by atoms with van der Waals surface area (Å²) in [6.07, 6.45) is 0. The molecule has 0 radical (unpaired) electrons. The molecular formula is C20H22N4O4S2. The van der Waals surface area contributed by atoms with Crippen molar-refractivity contribution >= 4 is 33.2 Å². The van der Waals surface area contributed by atoms with Crippen LogP contribution < -0.4 is 5.32 Å². The number of thioether (sulfide) groups is 1. The number of aryl methyl sites for hydroxylation is 1. The van der Waals surface area contributed by atoms with E-state index < -0.39 is 9.84 Å². The van der Waals surface area contributed by atoms with E-state index in [2.05, 4.69) is 15.5 Å². The number of sulfone groups is 1. The summed E-state index contributed by atoms with van der Waals surface area (Å²) in [5.41, 5.74) is 1.47. The molecule has 0 saturated carbocycles. The highest BCUT2D eigenvalue weighted by molar-refractivity contribution is 7.99. The van der Waals surface area contributed by atoms with E-state index in [-0.39, 0.29) is 28.1 Å². The van der Waals surface area contributed by atoms with Gasteiger partial charge < -0.3 is 15.0 Å². The number of phenols is 1. The van der Waals surface area contributed by atoms with Crippen LogP contribution in [-0.2, 0) is 26.9 Å². The van der Waals surface area contributed by atoms with Crippen LogP contribution in [0.1, 0.15) is 18.3 Å². The summed E-state index contributed by atoms with van der Waals surface area (Å²) in [6, 6.07) is 12.9. The number of benzene rings is 2. The smallest absolute Gasteiger partial charge is 0.234 e. The Morgan fingerprint density at radius 3 is 2.57 bits per heavy atom. The molecule has 1 aromatic heterocycles. The van der Waals surface area contributed by atoms with Crippen molar-refractivity contribution in [3.63, 3.8) is 0 Å². The van der Waals surface area contributed by atoms with Crippen LogP contribution in [0.5, 0.6) is 5.75 Å². The monoisotopic (exact) mass is 446 g/mol. The molecule has 0 spiro atoms. The average molecular weight is 447 g/mol. The number of aromatic nitrogens is 3. The van der Waals surface area contributed by atoms with Gasteiger partial charge in [0.05, 0.1) is 10.6 Å². The number of hydrogen-bond donors (Lipinski definition) is 2. The van der Waals surface area contributed by atoms with Crippen LogP contribution >= 0.6 is 11.8 Å². The van der Waals surface area contributed by atoms with Crippen LogP contribution in [0.4, 0.5) is 5.69 Å². The lowest BCUT2D eigenvalue weighted by atomic mass is 10.2. The second kappa shape index (κ2) is 9.31. The quantitative estimate of drug-likeness (QED) is 0.511. The fourth-order valence-electron chi connectivity index (χ4n) is 2.76. The van der Waals surface area contributed by atoms with E-state index in [1.807, 2.05) is 13.8 Å². The molecule has 2 aromatic carbocycles. The zero-order valence-corrected chi connectivity index (χ0v) is 18.2. The van der Waals surface area contributed by atoms with Crippen molar-refractivity contribution in [2.24, 2.45) is 0 Å². The first-order valence-corrected chi connectivity index (χ1v) is 11.9. The number of nitrogens with one attached hydrogen (secondary N) is 1. The van der Waals surface area contributed by atoms with Gasteiger partial charge in [0.1, 0.15) is 17.3 Å². The number of phenolic OH excluding ortho intramolecular Hbond substituents is 1. The van der Waals surface area contributed by atoms with Gasteiger partial charge in [-0.05, 0) is 38.1 Å². The zero-order valence-electron chi connectivity index (χ0n) is 16.6. The van der Waals surface area contributed by atoms with E-state index in [4.69, 9.17) is 0 Å². The van der Waals surface area contributed by atoms with Crippen molar-refractivity contribution in [1.82, 2.24) is 14.8 Å². The Hall–Kier alpha value is -2.85. The maximum absolute atomic E-state index is 12.7. The molecule has 1 heterocycles. The topological polar surface area (TPSA) is 114 Å². The first-order valence-electron chi connectivity index (χ1n) is 9.21. The van der Waals surface area contributed by atoms with E-state index >= 15 is 0 Å². The maximum atomic E-state index is 12.7. The molecule has 158 valence electrons. The van der Waals surface area contributed by atoms with Gasteiger partial charge in [-0.1, -0.05) is 35.5 Å². The van der Waals surface area contributed by atoms with E-state index in [1.54, 1.807) is 41.0 Å². The van der Waals surface area contributed by atoms with Gasteiger partial charge in [-0.3, -0.25) is 4.79 Å². The minimum absolute atomic E-state index is 0.0607. The van der Waals surface area contributed by atoms with Crippen LogP contribution in [-0.4, -0.2) is 39.9 Å². The number of rotatable bonds is 8. The third kappa shape index (κ3) is 5.39. The molecule has 0 saturated heterocycles. The fourth-order valence-corrected chi connectivity index (χ4v) is 4.85. The molecule has 2 N–H and O–H groups in total.